The third-order valence-corrected chi connectivity index (χ3v) is 9.51. The van der Waals surface area contributed by atoms with E-state index in [4.69, 9.17) is 14.2 Å². The number of anilines is 1. The van der Waals surface area contributed by atoms with Gasteiger partial charge >= 0.3 is 0 Å². The zero-order valence-corrected chi connectivity index (χ0v) is 25.1. The molecule has 0 radical (unpaired) electrons. The molecule has 0 spiro atoms. The minimum Gasteiger partial charge on any atom is -0.382 e. The van der Waals surface area contributed by atoms with Gasteiger partial charge in [0.1, 0.15) is 6.04 Å². The number of rotatable bonds is 17. The summed E-state index contributed by atoms with van der Waals surface area (Å²) in [7, 11) is 0. The van der Waals surface area contributed by atoms with Gasteiger partial charge < -0.3 is 35.1 Å². The van der Waals surface area contributed by atoms with Crippen LogP contribution < -0.4 is 21.3 Å². The monoisotopic (exact) mass is 613 g/mol. The summed E-state index contributed by atoms with van der Waals surface area (Å²) in [6.45, 7) is 3.90. The number of nitrogens with one attached hydrogen (secondary N) is 4. The standard InChI is InChI=1S/C31H43N5O8/c37-21-34-31-9-6-30(7-10-31,8-11-31)29(41)33-13-15-43-17-19-44-18-16-42-14-12-32-24-3-1-2-22-23(24)20-36(28(22)40)25-4-5-26(38)35-27(25)39/h1-3,21,25,32H,4-20H2,(H,33,41)(H,34,37)(H,35,38,39). The molecule has 3 saturated carbocycles. The molecular formula is C31H43N5O8. The second kappa shape index (κ2) is 14.5. The number of hydrogen-bond donors (Lipinski definition) is 4. The van der Waals surface area contributed by atoms with E-state index in [-0.39, 0.29) is 35.1 Å². The van der Waals surface area contributed by atoms with Gasteiger partial charge in [-0.2, -0.15) is 0 Å². The van der Waals surface area contributed by atoms with E-state index in [1.165, 1.54) is 4.90 Å². The lowest BCUT2D eigenvalue weighted by Crippen LogP contribution is -2.58. The molecule has 1 aromatic carbocycles. The van der Waals surface area contributed by atoms with Gasteiger partial charge in [0, 0.05) is 53.8 Å². The number of benzene rings is 1. The van der Waals surface area contributed by atoms with Gasteiger partial charge in [-0.05, 0) is 57.1 Å². The second-order valence-corrected chi connectivity index (χ2v) is 12.1. The average molecular weight is 614 g/mol. The highest BCUT2D eigenvalue weighted by Gasteiger charge is 2.52. The zero-order chi connectivity index (χ0) is 31.0. The molecule has 44 heavy (non-hydrogen) atoms. The van der Waals surface area contributed by atoms with E-state index < -0.39 is 11.9 Å². The molecule has 4 fully saturated rings. The number of hydrogen-bond acceptors (Lipinski definition) is 9. The number of fused-ring (bicyclic) bond motifs is 4. The van der Waals surface area contributed by atoms with Crippen molar-refractivity contribution in [3.63, 3.8) is 0 Å². The maximum atomic E-state index is 12.9. The Kier molecular flexibility index (Phi) is 10.5. The van der Waals surface area contributed by atoms with Crippen molar-refractivity contribution in [2.45, 2.75) is 69.5 Å². The summed E-state index contributed by atoms with van der Waals surface area (Å²) in [6, 6.07) is 4.83. The van der Waals surface area contributed by atoms with Crippen LogP contribution in [0.15, 0.2) is 18.2 Å². The van der Waals surface area contributed by atoms with Crippen molar-refractivity contribution in [3.8, 4) is 0 Å². The normalized spacial score (nSPS) is 25.9. The maximum Gasteiger partial charge on any atom is 0.255 e. The number of nitrogens with zero attached hydrogens (tertiary/aromatic N) is 1. The fraction of sp³-hybridized carbons (Fsp3) is 0.645. The van der Waals surface area contributed by atoms with Gasteiger partial charge in [0.2, 0.25) is 24.1 Å². The molecule has 3 aliphatic carbocycles. The first-order valence-corrected chi connectivity index (χ1v) is 15.6. The number of carbonyl (C=O) groups is 5. The summed E-state index contributed by atoms with van der Waals surface area (Å²) in [5.74, 6) is -0.827. The molecule has 5 aliphatic rings. The van der Waals surface area contributed by atoms with E-state index >= 15 is 0 Å². The molecule has 2 aliphatic heterocycles. The van der Waals surface area contributed by atoms with E-state index in [2.05, 4.69) is 21.3 Å². The van der Waals surface area contributed by atoms with Crippen LogP contribution >= 0.6 is 0 Å². The summed E-state index contributed by atoms with van der Waals surface area (Å²) in [5, 5.41) is 11.6. The molecule has 6 rings (SSSR count). The molecule has 240 valence electrons. The van der Waals surface area contributed by atoms with Crippen molar-refractivity contribution >= 4 is 35.7 Å². The Morgan fingerprint density at radius 1 is 0.932 bits per heavy atom. The number of imide groups is 1. The van der Waals surface area contributed by atoms with Gasteiger partial charge in [-0.1, -0.05) is 6.07 Å². The topological polar surface area (TPSA) is 164 Å². The molecule has 5 amide bonds. The van der Waals surface area contributed by atoms with Crippen molar-refractivity contribution in [1.29, 1.82) is 0 Å². The molecular weight excluding hydrogens is 570 g/mol. The van der Waals surface area contributed by atoms with Crippen molar-refractivity contribution in [2.24, 2.45) is 5.41 Å². The van der Waals surface area contributed by atoms with Gasteiger partial charge in [0.05, 0.1) is 39.6 Å². The van der Waals surface area contributed by atoms with Crippen LogP contribution in [0.3, 0.4) is 0 Å². The third kappa shape index (κ3) is 7.22. The van der Waals surface area contributed by atoms with E-state index in [0.717, 1.165) is 56.2 Å². The van der Waals surface area contributed by atoms with Gasteiger partial charge in [0.25, 0.3) is 5.91 Å². The Labute approximate surface area is 257 Å². The fourth-order valence-corrected chi connectivity index (χ4v) is 6.84. The summed E-state index contributed by atoms with van der Waals surface area (Å²) >= 11 is 0. The van der Waals surface area contributed by atoms with E-state index in [1.807, 2.05) is 12.1 Å². The molecule has 1 atom stereocenters. The largest absolute Gasteiger partial charge is 0.382 e. The molecule has 2 heterocycles. The van der Waals surface area contributed by atoms with Crippen LogP contribution in [0.4, 0.5) is 5.69 Å². The lowest BCUT2D eigenvalue weighted by molar-refractivity contribution is -0.139. The third-order valence-electron chi connectivity index (χ3n) is 9.51. The van der Waals surface area contributed by atoms with Gasteiger partial charge in [0.15, 0.2) is 0 Å². The first kappa shape index (κ1) is 31.9. The highest BCUT2D eigenvalue weighted by molar-refractivity contribution is 6.06. The van der Waals surface area contributed by atoms with Crippen LogP contribution in [0, 0.1) is 5.41 Å². The van der Waals surface area contributed by atoms with Crippen LogP contribution in [-0.4, -0.2) is 99.3 Å². The SMILES string of the molecule is O=CNC12CCC(C(=O)NCCOCCOCCOCCNc3cccc4c3CN(C3CCC(=O)NC3=O)C4=O)(CC1)CC2. The molecule has 13 heteroatoms. The Hall–Kier alpha value is -3.55. The van der Waals surface area contributed by atoms with Crippen LogP contribution in [-0.2, 0) is 39.9 Å². The average Bonchev–Trinajstić information content (AvgIpc) is 3.36. The van der Waals surface area contributed by atoms with E-state index in [9.17, 15) is 24.0 Å². The minimum atomic E-state index is -0.640. The summed E-state index contributed by atoms with van der Waals surface area (Å²) in [4.78, 5) is 62.0. The van der Waals surface area contributed by atoms with E-state index in [0.29, 0.717) is 71.3 Å². The van der Waals surface area contributed by atoms with Crippen LogP contribution in [0.25, 0.3) is 0 Å². The highest BCUT2D eigenvalue weighted by Crippen LogP contribution is 2.52. The van der Waals surface area contributed by atoms with Gasteiger partial charge in [-0.25, -0.2) is 0 Å². The fourth-order valence-electron chi connectivity index (χ4n) is 6.84. The summed E-state index contributed by atoms with van der Waals surface area (Å²) in [5.41, 5.74) is 1.82. The number of ether oxygens (including phenoxy) is 3. The second-order valence-electron chi connectivity index (χ2n) is 12.1. The smallest absolute Gasteiger partial charge is 0.255 e. The Bertz CT molecular complexity index is 1210. The summed E-state index contributed by atoms with van der Waals surface area (Å²) < 4.78 is 16.8. The van der Waals surface area contributed by atoms with Gasteiger partial charge in [-0.3, -0.25) is 29.3 Å². The molecule has 2 bridgehead atoms. The first-order valence-electron chi connectivity index (χ1n) is 15.6. The molecule has 1 saturated heterocycles. The number of piperidine rings is 1. The van der Waals surface area contributed by atoms with Crippen LogP contribution in [0.1, 0.15) is 67.3 Å². The predicted octanol–water partition coefficient (Wildman–Crippen LogP) is 0.865. The lowest BCUT2D eigenvalue weighted by atomic mass is 9.57. The lowest BCUT2D eigenvalue weighted by Gasteiger charge is -2.52. The Morgan fingerprint density at radius 2 is 1.59 bits per heavy atom. The number of carbonyl (C=O) groups excluding carboxylic acids is 5. The number of amides is 5. The van der Waals surface area contributed by atoms with Crippen molar-refractivity contribution in [2.75, 3.05) is 58.0 Å². The maximum absolute atomic E-state index is 12.9. The minimum absolute atomic E-state index is 0.0997. The Balaban J connectivity index is 0.883. The van der Waals surface area contributed by atoms with E-state index in [1.54, 1.807) is 6.07 Å². The quantitative estimate of drug-likeness (QED) is 0.113. The van der Waals surface area contributed by atoms with Gasteiger partial charge in [-0.15, -0.1) is 0 Å². The predicted molar refractivity (Wildman–Crippen MR) is 159 cm³/mol. The van der Waals surface area contributed by atoms with Crippen molar-refractivity contribution < 1.29 is 38.2 Å². The Morgan fingerprint density at radius 3 is 2.25 bits per heavy atom. The molecule has 4 N–H and O–H groups in total. The molecule has 1 unspecified atom stereocenters. The van der Waals surface area contributed by atoms with Crippen molar-refractivity contribution in [3.05, 3.63) is 29.3 Å². The molecule has 1 aromatic rings. The van der Waals surface area contributed by atoms with Crippen molar-refractivity contribution in [1.82, 2.24) is 20.9 Å². The highest BCUT2D eigenvalue weighted by atomic mass is 16.5. The summed E-state index contributed by atoms with van der Waals surface area (Å²) in [6.07, 6.45) is 6.36. The molecule has 13 nitrogen and oxygen atoms in total. The van der Waals surface area contributed by atoms with Crippen LogP contribution in [0.2, 0.25) is 0 Å². The first-order chi connectivity index (χ1) is 21.4. The molecule has 0 aromatic heterocycles. The zero-order valence-electron chi connectivity index (χ0n) is 25.1. The van der Waals surface area contributed by atoms with Crippen LogP contribution in [0.5, 0.6) is 0 Å².